The van der Waals surface area contributed by atoms with Crippen LogP contribution < -0.4 is 11.5 Å². The van der Waals surface area contributed by atoms with E-state index in [2.05, 4.69) is 8.83 Å². The molecule has 6 N–H and O–H groups in total. The first-order valence-electron chi connectivity index (χ1n) is 4.02. The highest BCUT2D eigenvalue weighted by atomic mass is 16.6. The van der Waals surface area contributed by atoms with Crippen molar-refractivity contribution in [2.45, 2.75) is 0 Å². The Morgan fingerprint density at radius 1 is 1.00 bits per heavy atom. The van der Waals surface area contributed by atoms with Crippen LogP contribution in [0.4, 0.5) is 16.6 Å². The average Bonchev–Trinajstić information content (AvgIpc) is 2.78. The molecule has 16 heavy (non-hydrogen) atoms. The molecule has 7 heteroatoms. The molecule has 88 valence electrons. The third-order valence-electron chi connectivity index (χ3n) is 1.09. The van der Waals surface area contributed by atoms with Crippen LogP contribution in [0.5, 0.6) is 0 Å². The molecular formula is C9H12N2O5. The number of furan rings is 2. The normalized spacial score (nSPS) is 8.00. The van der Waals surface area contributed by atoms with E-state index in [0.717, 1.165) is 0 Å². The first-order valence-corrected chi connectivity index (χ1v) is 4.02. The summed E-state index contributed by atoms with van der Waals surface area (Å²) in [6.45, 7) is 0. The van der Waals surface area contributed by atoms with E-state index in [4.69, 9.17) is 26.5 Å². The summed E-state index contributed by atoms with van der Waals surface area (Å²) in [6, 6.07) is 6.88. The van der Waals surface area contributed by atoms with E-state index in [-0.39, 0.29) is 0 Å². The second-order valence-corrected chi connectivity index (χ2v) is 2.31. The number of anilines is 2. The molecule has 0 spiro atoms. The molecule has 0 aliphatic heterocycles. The quantitative estimate of drug-likeness (QED) is 0.540. The molecule has 0 unspecified atom stereocenters. The Hall–Kier alpha value is -2.57. The van der Waals surface area contributed by atoms with E-state index in [0.29, 0.717) is 11.8 Å². The molecule has 0 amide bonds. The molecule has 2 aromatic rings. The predicted molar refractivity (Wildman–Crippen MR) is 56.9 cm³/mol. The van der Waals surface area contributed by atoms with Crippen molar-refractivity contribution >= 4 is 17.9 Å². The van der Waals surface area contributed by atoms with Crippen LogP contribution in [0.2, 0.25) is 0 Å². The van der Waals surface area contributed by atoms with Gasteiger partial charge in [0.1, 0.15) is 0 Å². The lowest BCUT2D eigenvalue weighted by Crippen LogP contribution is -1.81. The maximum atomic E-state index is 8.56. The zero-order chi connectivity index (χ0) is 12.4. The largest absolute Gasteiger partial charge is 0.503 e. The van der Waals surface area contributed by atoms with Gasteiger partial charge in [-0.25, -0.2) is 4.79 Å². The summed E-state index contributed by atoms with van der Waals surface area (Å²) in [5.74, 6) is 0.935. The number of nitrogens with two attached hydrogens (primary N) is 2. The van der Waals surface area contributed by atoms with E-state index in [9.17, 15) is 0 Å². The van der Waals surface area contributed by atoms with Crippen molar-refractivity contribution in [2.24, 2.45) is 0 Å². The lowest BCUT2D eigenvalue weighted by molar-refractivity contribution is 0.137. The summed E-state index contributed by atoms with van der Waals surface area (Å²) >= 11 is 0. The van der Waals surface area contributed by atoms with Crippen molar-refractivity contribution in [2.75, 3.05) is 11.5 Å². The monoisotopic (exact) mass is 228 g/mol. The van der Waals surface area contributed by atoms with Crippen molar-refractivity contribution in [3.63, 3.8) is 0 Å². The zero-order valence-electron chi connectivity index (χ0n) is 8.24. The van der Waals surface area contributed by atoms with Gasteiger partial charge in [0.25, 0.3) is 0 Å². The number of carboxylic acid groups (broad SMARTS) is 2. The van der Waals surface area contributed by atoms with Crippen molar-refractivity contribution in [3.05, 3.63) is 36.8 Å². The van der Waals surface area contributed by atoms with Gasteiger partial charge in [-0.1, -0.05) is 0 Å². The Morgan fingerprint density at radius 3 is 1.38 bits per heavy atom. The highest BCUT2D eigenvalue weighted by Gasteiger charge is 1.76. The van der Waals surface area contributed by atoms with Crippen LogP contribution in [0, 0.1) is 0 Å². The second-order valence-electron chi connectivity index (χ2n) is 2.31. The van der Waals surface area contributed by atoms with Crippen molar-refractivity contribution in [1.29, 1.82) is 0 Å². The Bertz CT molecular complexity index is 332. The van der Waals surface area contributed by atoms with Gasteiger partial charge in [0.2, 0.25) is 0 Å². The molecule has 2 rings (SSSR count). The molecule has 0 bridgehead atoms. The lowest BCUT2D eigenvalue weighted by atomic mass is 10.6. The van der Waals surface area contributed by atoms with E-state index in [1.807, 2.05) is 0 Å². The summed E-state index contributed by atoms with van der Waals surface area (Å²) in [4.78, 5) is 8.56. The molecule has 0 saturated carbocycles. The third kappa shape index (κ3) is 9.52. The van der Waals surface area contributed by atoms with Crippen LogP contribution in [0.15, 0.2) is 45.6 Å². The molecule has 0 aliphatic carbocycles. The van der Waals surface area contributed by atoms with Crippen LogP contribution in [0.3, 0.4) is 0 Å². The topological polar surface area (TPSA) is 136 Å². The fourth-order valence-electron chi connectivity index (χ4n) is 0.583. The zero-order valence-corrected chi connectivity index (χ0v) is 8.24. The van der Waals surface area contributed by atoms with E-state index < -0.39 is 6.16 Å². The van der Waals surface area contributed by atoms with Gasteiger partial charge in [-0.3, -0.25) is 0 Å². The Labute approximate surface area is 90.9 Å². The summed E-state index contributed by atoms with van der Waals surface area (Å²) in [5.41, 5.74) is 10.2. The third-order valence-corrected chi connectivity index (χ3v) is 1.09. The Balaban J connectivity index is 0.000000217. The summed E-state index contributed by atoms with van der Waals surface area (Å²) in [5, 5.41) is 13.9. The summed E-state index contributed by atoms with van der Waals surface area (Å²) < 4.78 is 9.22. The maximum Gasteiger partial charge on any atom is 0.503 e. The van der Waals surface area contributed by atoms with Gasteiger partial charge in [-0.05, 0) is 12.1 Å². The van der Waals surface area contributed by atoms with Crippen LogP contribution in [0.25, 0.3) is 0 Å². The minimum absolute atomic E-state index is 0.468. The summed E-state index contributed by atoms with van der Waals surface area (Å²) in [6.07, 6.45) is 1.24. The number of hydrogen-bond donors (Lipinski definition) is 4. The van der Waals surface area contributed by atoms with Crippen molar-refractivity contribution in [1.82, 2.24) is 0 Å². The first kappa shape index (κ1) is 13.4. The fourth-order valence-corrected chi connectivity index (χ4v) is 0.583. The van der Waals surface area contributed by atoms with Gasteiger partial charge in [0.05, 0.1) is 12.5 Å². The molecule has 2 heterocycles. The summed E-state index contributed by atoms with van der Waals surface area (Å²) in [7, 11) is 0. The van der Waals surface area contributed by atoms with Gasteiger partial charge in [0.15, 0.2) is 11.8 Å². The van der Waals surface area contributed by atoms with Crippen molar-refractivity contribution in [3.8, 4) is 0 Å². The lowest BCUT2D eigenvalue weighted by Gasteiger charge is -1.70. The highest BCUT2D eigenvalue weighted by molar-refractivity contribution is 5.53. The number of hydrogen-bond acceptors (Lipinski definition) is 5. The van der Waals surface area contributed by atoms with Crippen LogP contribution >= 0.6 is 0 Å². The second kappa shape index (κ2) is 7.80. The maximum absolute atomic E-state index is 8.56. The van der Waals surface area contributed by atoms with Gasteiger partial charge >= 0.3 is 6.16 Å². The number of rotatable bonds is 0. The number of nitrogen functional groups attached to an aromatic ring is 2. The molecule has 2 aromatic heterocycles. The Morgan fingerprint density at radius 2 is 1.31 bits per heavy atom. The van der Waals surface area contributed by atoms with Gasteiger partial charge in [-0.2, -0.15) is 0 Å². The van der Waals surface area contributed by atoms with Crippen LogP contribution in [-0.2, 0) is 0 Å². The number of carbonyl (C=O) groups is 1. The van der Waals surface area contributed by atoms with E-state index in [1.165, 1.54) is 12.5 Å². The molecular weight excluding hydrogens is 216 g/mol. The Kier molecular flexibility index (Phi) is 6.55. The highest BCUT2D eigenvalue weighted by Crippen LogP contribution is 1.97. The first-order chi connectivity index (χ1) is 7.52. The SMILES string of the molecule is Nc1ccco1.Nc1ccco1.O=C(O)O. The van der Waals surface area contributed by atoms with Gasteiger partial charge in [-0.15, -0.1) is 0 Å². The molecule has 0 radical (unpaired) electrons. The van der Waals surface area contributed by atoms with Crippen LogP contribution in [0.1, 0.15) is 0 Å². The minimum Gasteiger partial charge on any atom is -0.450 e. The molecule has 0 aromatic carbocycles. The van der Waals surface area contributed by atoms with Gasteiger partial charge < -0.3 is 30.5 Å². The smallest absolute Gasteiger partial charge is 0.450 e. The standard InChI is InChI=1S/2C4H5NO.CH2O3/c2*5-4-2-1-3-6-4;2-1(3)4/h2*1-3H,5H2;(H2,2,3,4). The molecule has 0 atom stereocenters. The van der Waals surface area contributed by atoms with Gasteiger partial charge in [0, 0.05) is 12.1 Å². The fraction of sp³-hybridized carbons (Fsp3) is 0. The van der Waals surface area contributed by atoms with E-state index in [1.54, 1.807) is 24.3 Å². The van der Waals surface area contributed by atoms with Crippen molar-refractivity contribution < 1.29 is 23.8 Å². The average molecular weight is 228 g/mol. The molecule has 0 saturated heterocycles. The molecule has 7 nitrogen and oxygen atoms in total. The minimum atomic E-state index is -1.83. The molecule has 0 fully saturated rings. The van der Waals surface area contributed by atoms with Crippen LogP contribution in [-0.4, -0.2) is 16.4 Å². The molecule has 0 aliphatic rings. The van der Waals surface area contributed by atoms with E-state index >= 15 is 0 Å². The predicted octanol–water partition coefficient (Wildman–Crippen LogP) is 1.95.